The van der Waals surface area contributed by atoms with Crippen LogP contribution in [0.3, 0.4) is 0 Å². The topological polar surface area (TPSA) is 37.4 Å². The minimum absolute atomic E-state index is 0.460. The number of hydrogen-bond donors (Lipinski definition) is 0. The number of benzene rings is 1. The summed E-state index contributed by atoms with van der Waals surface area (Å²) in [7, 11) is -1.58. The Morgan fingerprint density at radius 2 is 2.15 bits per heavy atom. The molecule has 0 spiro atoms. The first kappa shape index (κ1) is 9.42. The maximum absolute atomic E-state index is 11.7. The van der Waals surface area contributed by atoms with E-state index < -0.39 is 10.0 Å². The molecule has 3 nitrogen and oxygen atoms in total. The van der Waals surface area contributed by atoms with E-state index in [1.807, 2.05) is 6.07 Å². The summed E-state index contributed by atoms with van der Waals surface area (Å²) in [6.07, 6.45) is 0. The van der Waals surface area contributed by atoms with Crippen LogP contribution in [-0.4, -0.2) is 19.8 Å². The molecule has 0 fully saturated rings. The summed E-state index contributed by atoms with van der Waals surface area (Å²) in [5.74, 6) is 0. The van der Waals surface area contributed by atoms with Crippen molar-refractivity contribution < 1.29 is 8.42 Å². The summed E-state index contributed by atoms with van der Waals surface area (Å²) in [5, 5.41) is 0. The molecule has 5 heteroatoms. The zero-order valence-corrected chi connectivity index (χ0v) is 9.96. The summed E-state index contributed by atoms with van der Waals surface area (Å²) < 4.78 is 25.7. The Hall–Kier alpha value is -0.140. The third-order valence-electron chi connectivity index (χ3n) is 2.14. The zero-order chi connectivity index (χ0) is 9.64. The van der Waals surface area contributed by atoms with Crippen LogP contribution in [0.15, 0.2) is 23.1 Å². The van der Waals surface area contributed by atoms with Gasteiger partial charge in [0.2, 0.25) is 10.0 Å². The van der Waals surface area contributed by atoms with Crippen molar-refractivity contribution in [2.75, 3.05) is 7.05 Å². The van der Waals surface area contributed by atoms with Crippen LogP contribution >= 0.6 is 22.6 Å². The molecular formula is C8H8INO2S. The molecule has 13 heavy (non-hydrogen) atoms. The summed E-state index contributed by atoms with van der Waals surface area (Å²) in [4.78, 5) is 0.460. The van der Waals surface area contributed by atoms with E-state index in [0.717, 1.165) is 9.13 Å². The summed E-state index contributed by atoms with van der Waals surface area (Å²) >= 11 is 2.16. The quantitative estimate of drug-likeness (QED) is 0.680. The SMILES string of the molecule is CN1Cc2c(I)cccc2S1(=O)=O. The second kappa shape index (κ2) is 2.93. The number of rotatable bonds is 0. The van der Waals surface area contributed by atoms with Gasteiger partial charge in [-0.3, -0.25) is 0 Å². The van der Waals surface area contributed by atoms with Crippen molar-refractivity contribution >= 4 is 32.6 Å². The van der Waals surface area contributed by atoms with Crippen molar-refractivity contribution in [3.63, 3.8) is 0 Å². The van der Waals surface area contributed by atoms with Gasteiger partial charge in [-0.2, -0.15) is 4.31 Å². The smallest absolute Gasteiger partial charge is 0.207 e. The third-order valence-corrected chi connectivity index (χ3v) is 5.04. The molecule has 70 valence electrons. The van der Waals surface area contributed by atoms with Gasteiger partial charge in [-0.15, -0.1) is 0 Å². The molecule has 0 bridgehead atoms. The standard InChI is InChI=1S/C8H8INO2S/c1-10-5-6-7(9)3-2-4-8(6)13(10,11)12/h2-4H,5H2,1H3. The van der Waals surface area contributed by atoms with Crippen molar-refractivity contribution in [3.05, 3.63) is 27.3 Å². The molecule has 1 aliphatic heterocycles. The average molecular weight is 309 g/mol. The lowest BCUT2D eigenvalue weighted by Gasteiger charge is -2.04. The number of hydrogen-bond acceptors (Lipinski definition) is 2. The van der Waals surface area contributed by atoms with Crippen LogP contribution in [0.25, 0.3) is 0 Å². The van der Waals surface area contributed by atoms with Gasteiger partial charge in [0.1, 0.15) is 0 Å². The van der Waals surface area contributed by atoms with Crippen molar-refractivity contribution in [2.45, 2.75) is 11.4 Å². The Kier molecular flexibility index (Phi) is 2.12. The van der Waals surface area contributed by atoms with E-state index in [4.69, 9.17) is 0 Å². The Labute approximate surface area is 90.9 Å². The van der Waals surface area contributed by atoms with Crippen LogP contribution < -0.4 is 0 Å². The molecule has 1 heterocycles. The summed E-state index contributed by atoms with van der Waals surface area (Å²) in [6, 6.07) is 5.36. The van der Waals surface area contributed by atoms with Crippen LogP contribution in [0.2, 0.25) is 0 Å². The number of fused-ring (bicyclic) bond motifs is 1. The van der Waals surface area contributed by atoms with Crippen LogP contribution in [0.4, 0.5) is 0 Å². The molecule has 0 aromatic heterocycles. The van der Waals surface area contributed by atoms with E-state index in [2.05, 4.69) is 22.6 Å². The van der Waals surface area contributed by atoms with E-state index in [-0.39, 0.29) is 0 Å². The molecular weight excluding hydrogens is 301 g/mol. The zero-order valence-electron chi connectivity index (χ0n) is 6.99. The number of halogens is 1. The highest BCUT2D eigenvalue weighted by atomic mass is 127. The first-order valence-corrected chi connectivity index (χ1v) is 6.29. The lowest BCUT2D eigenvalue weighted by molar-refractivity contribution is 0.488. The Balaban J connectivity index is 2.76. The van der Waals surface area contributed by atoms with Crippen molar-refractivity contribution in [2.24, 2.45) is 0 Å². The predicted molar refractivity (Wildman–Crippen MR) is 57.8 cm³/mol. The van der Waals surface area contributed by atoms with E-state index in [1.54, 1.807) is 19.2 Å². The normalized spacial score (nSPS) is 20.2. The molecule has 0 atom stereocenters. The second-order valence-corrected chi connectivity index (χ2v) is 6.15. The summed E-state index contributed by atoms with van der Waals surface area (Å²) in [6.45, 7) is 0.497. The molecule has 1 aliphatic rings. The largest absolute Gasteiger partial charge is 0.243 e. The average Bonchev–Trinajstić information content (AvgIpc) is 2.28. The van der Waals surface area contributed by atoms with E-state index in [0.29, 0.717) is 11.4 Å². The molecule has 1 aromatic rings. The Morgan fingerprint density at radius 3 is 2.77 bits per heavy atom. The lowest BCUT2D eigenvalue weighted by Crippen LogP contribution is -2.18. The van der Waals surface area contributed by atoms with Gasteiger partial charge in [0, 0.05) is 22.7 Å². The minimum atomic E-state index is -3.18. The molecule has 2 rings (SSSR count). The highest BCUT2D eigenvalue weighted by molar-refractivity contribution is 14.1. The molecule has 0 aliphatic carbocycles. The lowest BCUT2D eigenvalue weighted by atomic mass is 10.2. The summed E-state index contributed by atoms with van der Waals surface area (Å²) in [5.41, 5.74) is 0.922. The van der Waals surface area contributed by atoms with Crippen molar-refractivity contribution in [1.82, 2.24) is 4.31 Å². The molecule has 1 aromatic carbocycles. The van der Waals surface area contributed by atoms with Gasteiger partial charge in [-0.25, -0.2) is 8.42 Å². The second-order valence-electron chi connectivity index (χ2n) is 2.98. The van der Waals surface area contributed by atoms with Gasteiger partial charge in [0.25, 0.3) is 0 Å². The number of sulfonamides is 1. The van der Waals surface area contributed by atoms with E-state index in [9.17, 15) is 8.42 Å². The van der Waals surface area contributed by atoms with Gasteiger partial charge in [0.15, 0.2) is 0 Å². The van der Waals surface area contributed by atoms with Crippen LogP contribution in [0.5, 0.6) is 0 Å². The highest BCUT2D eigenvalue weighted by Crippen LogP contribution is 2.31. The van der Waals surface area contributed by atoms with Crippen molar-refractivity contribution in [3.8, 4) is 0 Å². The van der Waals surface area contributed by atoms with Gasteiger partial charge in [-0.05, 0) is 34.7 Å². The molecule has 0 radical (unpaired) electrons. The van der Waals surface area contributed by atoms with Crippen molar-refractivity contribution in [1.29, 1.82) is 0 Å². The van der Waals surface area contributed by atoms with Crippen LogP contribution in [0.1, 0.15) is 5.56 Å². The van der Waals surface area contributed by atoms with Gasteiger partial charge in [-0.1, -0.05) is 6.07 Å². The number of nitrogens with zero attached hydrogens (tertiary/aromatic N) is 1. The predicted octanol–water partition coefficient (Wildman–Crippen LogP) is 1.43. The molecule has 0 saturated heterocycles. The molecule has 0 saturated carbocycles. The van der Waals surface area contributed by atoms with Gasteiger partial charge >= 0.3 is 0 Å². The van der Waals surface area contributed by atoms with Crippen LogP contribution in [0, 0.1) is 3.57 Å². The molecule has 0 amide bonds. The molecule has 0 N–H and O–H groups in total. The fourth-order valence-electron chi connectivity index (χ4n) is 1.41. The maximum Gasteiger partial charge on any atom is 0.243 e. The maximum atomic E-state index is 11.7. The highest BCUT2D eigenvalue weighted by Gasteiger charge is 2.32. The van der Waals surface area contributed by atoms with Gasteiger partial charge < -0.3 is 0 Å². The molecule has 0 unspecified atom stereocenters. The minimum Gasteiger partial charge on any atom is -0.207 e. The third kappa shape index (κ3) is 1.29. The van der Waals surface area contributed by atoms with Crippen LogP contribution in [-0.2, 0) is 16.6 Å². The monoisotopic (exact) mass is 309 g/mol. The van der Waals surface area contributed by atoms with E-state index in [1.165, 1.54) is 4.31 Å². The van der Waals surface area contributed by atoms with Gasteiger partial charge in [0.05, 0.1) is 4.90 Å². The van der Waals surface area contributed by atoms with E-state index >= 15 is 0 Å². The first-order chi connectivity index (χ1) is 6.03. The Morgan fingerprint density at radius 1 is 1.46 bits per heavy atom. The fourth-order valence-corrected chi connectivity index (χ4v) is 3.63. The fraction of sp³-hybridized carbons (Fsp3) is 0.250. The Bertz CT molecular complexity index is 455. The first-order valence-electron chi connectivity index (χ1n) is 3.77.